The van der Waals surface area contributed by atoms with Gasteiger partial charge in [-0.05, 0) is 37.8 Å². The van der Waals surface area contributed by atoms with Crippen molar-refractivity contribution in [2.75, 3.05) is 25.1 Å². The van der Waals surface area contributed by atoms with Crippen LogP contribution < -0.4 is 10.1 Å². The molecule has 0 aliphatic carbocycles. The second kappa shape index (κ2) is 4.96. The first-order valence-corrected chi connectivity index (χ1v) is 6.53. The molecule has 0 spiro atoms. The summed E-state index contributed by atoms with van der Waals surface area (Å²) < 4.78 is 11.5. The van der Waals surface area contributed by atoms with Crippen molar-refractivity contribution >= 4 is 5.69 Å². The van der Waals surface area contributed by atoms with Crippen LogP contribution >= 0.6 is 0 Å². The second-order valence-corrected chi connectivity index (χ2v) is 4.76. The Hall–Kier alpha value is -1.22. The van der Waals surface area contributed by atoms with Crippen LogP contribution in [0.15, 0.2) is 18.2 Å². The molecule has 0 radical (unpaired) electrons. The van der Waals surface area contributed by atoms with E-state index in [2.05, 4.69) is 23.5 Å². The smallest absolute Gasteiger partial charge is 0.124 e. The largest absolute Gasteiger partial charge is 0.491 e. The first-order valence-electron chi connectivity index (χ1n) is 6.53. The fourth-order valence-corrected chi connectivity index (χ4v) is 2.57. The SMILES string of the molecule is c1cc2c(c(OCC3CCCO3)c1)CCCN2. The Morgan fingerprint density at radius 3 is 3.24 bits per heavy atom. The zero-order valence-electron chi connectivity index (χ0n) is 10.1. The van der Waals surface area contributed by atoms with Gasteiger partial charge in [-0.3, -0.25) is 0 Å². The Kier molecular flexibility index (Phi) is 3.18. The highest BCUT2D eigenvalue weighted by atomic mass is 16.5. The van der Waals surface area contributed by atoms with Crippen molar-refractivity contribution in [3.05, 3.63) is 23.8 Å². The van der Waals surface area contributed by atoms with Crippen LogP contribution in [0.3, 0.4) is 0 Å². The fraction of sp³-hybridized carbons (Fsp3) is 0.571. The molecule has 0 bridgehead atoms. The van der Waals surface area contributed by atoms with E-state index in [1.54, 1.807) is 0 Å². The van der Waals surface area contributed by atoms with Gasteiger partial charge in [-0.25, -0.2) is 0 Å². The third kappa shape index (κ3) is 2.39. The average molecular weight is 233 g/mol. The zero-order valence-corrected chi connectivity index (χ0v) is 10.1. The van der Waals surface area contributed by atoms with Gasteiger partial charge in [0, 0.05) is 24.4 Å². The van der Waals surface area contributed by atoms with Crippen LogP contribution in [-0.2, 0) is 11.2 Å². The van der Waals surface area contributed by atoms with Crippen molar-refractivity contribution in [1.82, 2.24) is 0 Å². The molecule has 3 rings (SSSR count). The number of fused-ring (bicyclic) bond motifs is 1. The lowest BCUT2D eigenvalue weighted by molar-refractivity contribution is 0.0676. The van der Waals surface area contributed by atoms with Gasteiger partial charge in [-0.1, -0.05) is 6.07 Å². The van der Waals surface area contributed by atoms with E-state index in [1.807, 2.05) is 0 Å². The quantitative estimate of drug-likeness (QED) is 0.870. The Balaban J connectivity index is 1.69. The molecule has 1 aromatic carbocycles. The molecule has 3 heteroatoms. The van der Waals surface area contributed by atoms with Gasteiger partial charge in [0.15, 0.2) is 0 Å². The Labute approximate surface area is 102 Å². The van der Waals surface area contributed by atoms with Crippen LogP contribution in [0.5, 0.6) is 5.75 Å². The van der Waals surface area contributed by atoms with Crippen LogP contribution in [0.2, 0.25) is 0 Å². The molecule has 1 N–H and O–H groups in total. The molecule has 1 aromatic rings. The predicted octanol–water partition coefficient (Wildman–Crippen LogP) is 2.60. The average Bonchev–Trinajstić information content (AvgIpc) is 2.89. The highest BCUT2D eigenvalue weighted by Crippen LogP contribution is 2.31. The van der Waals surface area contributed by atoms with Crippen molar-refractivity contribution in [2.45, 2.75) is 31.8 Å². The summed E-state index contributed by atoms with van der Waals surface area (Å²) in [6, 6.07) is 6.26. The molecule has 1 fully saturated rings. The minimum atomic E-state index is 0.294. The highest BCUT2D eigenvalue weighted by molar-refractivity contribution is 5.59. The lowest BCUT2D eigenvalue weighted by Gasteiger charge is -2.21. The van der Waals surface area contributed by atoms with E-state index in [1.165, 1.54) is 24.1 Å². The number of benzene rings is 1. The minimum absolute atomic E-state index is 0.294. The van der Waals surface area contributed by atoms with Crippen molar-refractivity contribution in [1.29, 1.82) is 0 Å². The minimum Gasteiger partial charge on any atom is -0.491 e. The maximum atomic E-state index is 5.92. The van der Waals surface area contributed by atoms with Gasteiger partial charge in [-0.15, -0.1) is 0 Å². The lowest BCUT2D eigenvalue weighted by Crippen LogP contribution is -2.18. The van der Waals surface area contributed by atoms with Gasteiger partial charge >= 0.3 is 0 Å². The molecule has 17 heavy (non-hydrogen) atoms. The van der Waals surface area contributed by atoms with Crippen LogP contribution in [0.1, 0.15) is 24.8 Å². The molecule has 1 saturated heterocycles. The molecule has 1 unspecified atom stereocenters. The van der Waals surface area contributed by atoms with E-state index in [0.29, 0.717) is 12.7 Å². The van der Waals surface area contributed by atoms with Crippen LogP contribution in [0.4, 0.5) is 5.69 Å². The van der Waals surface area contributed by atoms with Crippen LogP contribution in [0, 0.1) is 0 Å². The Morgan fingerprint density at radius 1 is 1.35 bits per heavy atom. The Morgan fingerprint density at radius 2 is 2.35 bits per heavy atom. The summed E-state index contributed by atoms with van der Waals surface area (Å²) in [6.07, 6.45) is 4.90. The fourth-order valence-electron chi connectivity index (χ4n) is 2.57. The van der Waals surface area contributed by atoms with Gasteiger partial charge in [0.2, 0.25) is 0 Å². The maximum absolute atomic E-state index is 5.92. The summed E-state index contributed by atoms with van der Waals surface area (Å²) in [5.41, 5.74) is 2.57. The molecule has 92 valence electrons. The van der Waals surface area contributed by atoms with E-state index < -0.39 is 0 Å². The number of anilines is 1. The van der Waals surface area contributed by atoms with Crippen LogP contribution in [-0.4, -0.2) is 25.9 Å². The number of nitrogens with one attached hydrogen (secondary N) is 1. The summed E-state index contributed by atoms with van der Waals surface area (Å²) in [5.74, 6) is 1.03. The van der Waals surface area contributed by atoms with Crippen molar-refractivity contribution < 1.29 is 9.47 Å². The number of hydrogen-bond donors (Lipinski definition) is 1. The molecule has 0 aromatic heterocycles. The van der Waals surface area contributed by atoms with Crippen molar-refractivity contribution in [3.8, 4) is 5.75 Å². The predicted molar refractivity (Wildman–Crippen MR) is 67.7 cm³/mol. The summed E-state index contributed by atoms with van der Waals surface area (Å²) in [7, 11) is 0. The van der Waals surface area contributed by atoms with Gasteiger partial charge < -0.3 is 14.8 Å². The molecule has 3 nitrogen and oxygen atoms in total. The van der Waals surface area contributed by atoms with E-state index in [9.17, 15) is 0 Å². The van der Waals surface area contributed by atoms with Gasteiger partial charge in [0.1, 0.15) is 12.4 Å². The molecule has 2 heterocycles. The molecular weight excluding hydrogens is 214 g/mol. The monoisotopic (exact) mass is 233 g/mol. The third-order valence-corrected chi connectivity index (χ3v) is 3.50. The van der Waals surface area contributed by atoms with E-state index >= 15 is 0 Å². The summed E-state index contributed by atoms with van der Waals surface area (Å²) >= 11 is 0. The van der Waals surface area contributed by atoms with Gasteiger partial charge in [0.05, 0.1) is 6.10 Å². The van der Waals surface area contributed by atoms with Crippen molar-refractivity contribution in [3.63, 3.8) is 0 Å². The zero-order chi connectivity index (χ0) is 11.5. The molecular formula is C14H19NO2. The number of ether oxygens (including phenoxy) is 2. The highest BCUT2D eigenvalue weighted by Gasteiger charge is 2.18. The molecule has 0 amide bonds. The van der Waals surface area contributed by atoms with E-state index in [4.69, 9.17) is 9.47 Å². The second-order valence-electron chi connectivity index (χ2n) is 4.76. The van der Waals surface area contributed by atoms with E-state index in [-0.39, 0.29) is 0 Å². The normalized spacial score (nSPS) is 22.9. The first kappa shape index (κ1) is 10.9. The lowest BCUT2D eigenvalue weighted by atomic mass is 10.0. The van der Waals surface area contributed by atoms with Gasteiger partial charge in [0.25, 0.3) is 0 Å². The Bertz CT molecular complexity index is 386. The third-order valence-electron chi connectivity index (χ3n) is 3.50. The van der Waals surface area contributed by atoms with Crippen molar-refractivity contribution in [2.24, 2.45) is 0 Å². The van der Waals surface area contributed by atoms with E-state index in [0.717, 1.165) is 31.7 Å². The topological polar surface area (TPSA) is 30.5 Å². The molecule has 2 aliphatic heterocycles. The molecule has 1 atom stereocenters. The molecule has 0 saturated carbocycles. The first-order chi connectivity index (χ1) is 8.43. The summed E-state index contributed by atoms with van der Waals surface area (Å²) in [4.78, 5) is 0. The number of hydrogen-bond acceptors (Lipinski definition) is 3. The molecule has 2 aliphatic rings. The standard InChI is InChI=1S/C14H19NO2/c1-6-13-12(5-2-8-15-13)14(7-1)17-10-11-4-3-9-16-11/h1,6-7,11,15H,2-5,8-10H2. The van der Waals surface area contributed by atoms with Crippen LogP contribution in [0.25, 0.3) is 0 Å². The summed E-state index contributed by atoms with van der Waals surface area (Å²) in [5, 5.41) is 3.42. The summed E-state index contributed by atoms with van der Waals surface area (Å²) in [6.45, 7) is 2.65. The number of rotatable bonds is 3. The van der Waals surface area contributed by atoms with Gasteiger partial charge in [-0.2, -0.15) is 0 Å². The maximum Gasteiger partial charge on any atom is 0.124 e.